The monoisotopic (exact) mass is 244 g/mol. The molecule has 94 valence electrons. The van der Waals surface area contributed by atoms with Crippen molar-refractivity contribution in [3.8, 4) is 11.8 Å². The highest BCUT2D eigenvalue weighted by molar-refractivity contribution is 5.74. The van der Waals surface area contributed by atoms with E-state index in [4.69, 9.17) is 5.11 Å². The lowest BCUT2D eigenvalue weighted by Gasteiger charge is -2.31. The van der Waals surface area contributed by atoms with E-state index in [0.717, 1.165) is 18.7 Å². The van der Waals surface area contributed by atoms with Gasteiger partial charge in [0.25, 0.3) is 0 Å². The van der Waals surface area contributed by atoms with Gasteiger partial charge in [0.05, 0.1) is 6.54 Å². The predicted molar refractivity (Wildman–Crippen MR) is 69.2 cm³/mol. The lowest BCUT2D eigenvalue weighted by Crippen LogP contribution is -2.54. The Kier molecular flexibility index (Phi) is 4.35. The molecule has 1 atom stereocenters. The summed E-state index contributed by atoms with van der Waals surface area (Å²) in [5.74, 6) is 5.30. The van der Waals surface area contributed by atoms with Gasteiger partial charge in [-0.3, -0.25) is 9.69 Å². The first-order valence-electron chi connectivity index (χ1n) is 5.99. The molecule has 0 aromatic heterocycles. The molecule has 1 heterocycles. The summed E-state index contributed by atoms with van der Waals surface area (Å²) in [6, 6.07) is 9.24. The number of carbonyl (C=O) groups is 1. The Morgan fingerprint density at radius 2 is 2.22 bits per heavy atom. The van der Waals surface area contributed by atoms with E-state index >= 15 is 0 Å². The Bertz CT molecular complexity index is 462. The number of hydrogen-bond donors (Lipinski definition) is 2. The first-order valence-corrected chi connectivity index (χ1v) is 5.99. The second-order valence-electron chi connectivity index (χ2n) is 4.20. The smallest absolute Gasteiger partial charge is 0.322 e. The first-order chi connectivity index (χ1) is 8.77. The van der Waals surface area contributed by atoms with Crippen LogP contribution in [0.25, 0.3) is 0 Å². The minimum absolute atomic E-state index is 0.469. The summed E-state index contributed by atoms with van der Waals surface area (Å²) in [5, 5.41) is 12.2. The largest absolute Gasteiger partial charge is 0.480 e. The van der Waals surface area contributed by atoms with Gasteiger partial charge < -0.3 is 10.4 Å². The number of nitrogens with zero attached hydrogens (tertiary/aromatic N) is 1. The van der Waals surface area contributed by atoms with E-state index in [0.29, 0.717) is 13.1 Å². The average Bonchev–Trinajstić information content (AvgIpc) is 2.40. The summed E-state index contributed by atoms with van der Waals surface area (Å²) in [6.07, 6.45) is 0. The highest BCUT2D eigenvalue weighted by atomic mass is 16.4. The van der Waals surface area contributed by atoms with E-state index in [1.54, 1.807) is 0 Å². The highest BCUT2D eigenvalue weighted by Gasteiger charge is 2.27. The summed E-state index contributed by atoms with van der Waals surface area (Å²) >= 11 is 0. The second-order valence-corrected chi connectivity index (χ2v) is 4.20. The van der Waals surface area contributed by atoms with Crippen LogP contribution in [0.4, 0.5) is 0 Å². The molecule has 4 nitrogen and oxygen atoms in total. The van der Waals surface area contributed by atoms with Gasteiger partial charge in [0.2, 0.25) is 0 Å². The fraction of sp³-hybridized carbons (Fsp3) is 0.357. The molecule has 2 rings (SSSR count). The van der Waals surface area contributed by atoms with E-state index in [-0.39, 0.29) is 0 Å². The number of carboxylic acid groups (broad SMARTS) is 1. The predicted octanol–water partition coefficient (Wildman–Crippen LogP) is 0.397. The van der Waals surface area contributed by atoms with Gasteiger partial charge in [-0.1, -0.05) is 30.0 Å². The standard InChI is InChI=1S/C14H16N2O2/c17-14(18)13-11-15-8-10-16(13)9-4-7-12-5-2-1-3-6-12/h1-3,5-6,13,15H,8-11H2,(H,17,18). The Morgan fingerprint density at radius 3 is 2.94 bits per heavy atom. The molecule has 1 aromatic carbocycles. The fourth-order valence-corrected chi connectivity index (χ4v) is 1.94. The molecule has 4 heteroatoms. The number of aliphatic carboxylic acids is 1. The van der Waals surface area contributed by atoms with Crippen LogP contribution in [0.2, 0.25) is 0 Å². The normalized spacial score (nSPS) is 19.9. The van der Waals surface area contributed by atoms with Crippen LogP contribution in [0, 0.1) is 11.8 Å². The Hall–Kier alpha value is -1.83. The molecular weight excluding hydrogens is 228 g/mol. The highest BCUT2D eigenvalue weighted by Crippen LogP contribution is 2.02. The van der Waals surface area contributed by atoms with Gasteiger partial charge in [0.1, 0.15) is 6.04 Å². The third-order valence-corrected chi connectivity index (χ3v) is 2.93. The molecule has 1 saturated heterocycles. The molecule has 18 heavy (non-hydrogen) atoms. The maximum Gasteiger partial charge on any atom is 0.322 e. The van der Waals surface area contributed by atoms with Crippen molar-refractivity contribution in [1.82, 2.24) is 10.2 Å². The summed E-state index contributed by atoms with van der Waals surface area (Å²) in [7, 11) is 0. The molecule has 1 aliphatic heterocycles. The van der Waals surface area contributed by atoms with Crippen molar-refractivity contribution in [3.63, 3.8) is 0 Å². The van der Waals surface area contributed by atoms with Crippen LogP contribution in [-0.2, 0) is 4.79 Å². The van der Waals surface area contributed by atoms with Crippen LogP contribution >= 0.6 is 0 Å². The third-order valence-electron chi connectivity index (χ3n) is 2.93. The summed E-state index contributed by atoms with van der Waals surface area (Å²) < 4.78 is 0. The molecule has 0 saturated carbocycles. The van der Waals surface area contributed by atoms with Crippen molar-refractivity contribution < 1.29 is 9.90 Å². The summed E-state index contributed by atoms with van der Waals surface area (Å²) in [6.45, 7) is 2.52. The fourth-order valence-electron chi connectivity index (χ4n) is 1.94. The molecule has 1 unspecified atom stereocenters. The van der Waals surface area contributed by atoms with Crippen LogP contribution in [0.15, 0.2) is 30.3 Å². The maximum absolute atomic E-state index is 11.1. The Morgan fingerprint density at radius 1 is 1.44 bits per heavy atom. The lowest BCUT2D eigenvalue weighted by atomic mass is 10.2. The average molecular weight is 244 g/mol. The molecule has 1 aromatic rings. The molecule has 1 aliphatic rings. The van der Waals surface area contributed by atoms with Crippen LogP contribution in [0.3, 0.4) is 0 Å². The zero-order valence-electron chi connectivity index (χ0n) is 10.1. The van der Waals surface area contributed by atoms with Gasteiger partial charge in [0, 0.05) is 25.2 Å². The van der Waals surface area contributed by atoms with Gasteiger partial charge in [-0.15, -0.1) is 0 Å². The minimum Gasteiger partial charge on any atom is -0.480 e. The van der Waals surface area contributed by atoms with Gasteiger partial charge in [-0.25, -0.2) is 0 Å². The van der Waals surface area contributed by atoms with Gasteiger partial charge in [0.15, 0.2) is 0 Å². The van der Waals surface area contributed by atoms with Crippen LogP contribution < -0.4 is 5.32 Å². The van der Waals surface area contributed by atoms with E-state index < -0.39 is 12.0 Å². The maximum atomic E-state index is 11.1. The molecule has 0 radical (unpaired) electrons. The molecule has 0 bridgehead atoms. The van der Waals surface area contributed by atoms with Crippen LogP contribution in [-0.4, -0.2) is 48.2 Å². The molecule has 0 amide bonds. The third kappa shape index (κ3) is 3.33. The van der Waals surface area contributed by atoms with E-state index in [1.165, 1.54) is 0 Å². The number of carboxylic acids is 1. The minimum atomic E-state index is -0.788. The number of hydrogen-bond acceptors (Lipinski definition) is 3. The van der Waals surface area contributed by atoms with Gasteiger partial charge >= 0.3 is 5.97 Å². The molecule has 2 N–H and O–H groups in total. The van der Waals surface area contributed by atoms with Crippen molar-refractivity contribution >= 4 is 5.97 Å². The number of piperazine rings is 1. The first kappa shape index (κ1) is 12.6. The molecule has 1 fully saturated rings. The number of nitrogens with one attached hydrogen (secondary N) is 1. The van der Waals surface area contributed by atoms with Crippen molar-refractivity contribution in [2.75, 3.05) is 26.2 Å². The Balaban J connectivity index is 1.96. The SMILES string of the molecule is O=C(O)C1CNCCN1CC#Cc1ccccc1. The van der Waals surface area contributed by atoms with Gasteiger partial charge in [-0.2, -0.15) is 0 Å². The van der Waals surface area contributed by atoms with Crippen molar-refractivity contribution in [1.29, 1.82) is 0 Å². The van der Waals surface area contributed by atoms with Crippen LogP contribution in [0.5, 0.6) is 0 Å². The Labute approximate surface area is 107 Å². The number of benzene rings is 1. The zero-order chi connectivity index (χ0) is 12.8. The topological polar surface area (TPSA) is 52.6 Å². The van der Waals surface area contributed by atoms with Crippen molar-refractivity contribution in [2.24, 2.45) is 0 Å². The molecule has 0 aliphatic carbocycles. The second kappa shape index (κ2) is 6.20. The van der Waals surface area contributed by atoms with Gasteiger partial charge in [-0.05, 0) is 12.1 Å². The van der Waals surface area contributed by atoms with E-state index in [2.05, 4.69) is 17.2 Å². The molecule has 0 spiro atoms. The van der Waals surface area contributed by atoms with Crippen molar-refractivity contribution in [3.05, 3.63) is 35.9 Å². The van der Waals surface area contributed by atoms with E-state index in [9.17, 15) is 4.79 Å². The summed E-state index contributed by atoms with van der Waals surface area (Å²) in [5.41, 5.74) is 0.958. The van der Waals surface area contributed by atoms with E-state index in [1.807, 2.05) is 35.2 Å². The quantitative estimate of drug-likeness (QED) is 0.739. The molecular formula is C14H16N2O2. The lowest BCUT2D eigenvalue weighted by molar-refractivity contribution is -0.143. The van der Waals surface area contributed by atoms with Crippen LogP contribution in [0.1, 0.15) is 5.56 Å². The number of rotatable bonds is 2. The van der Waals surface area contributed by atoms with Crippen molar-refractivity contribution in [2.45, 2.75) is 6.04 Å². The summed E-state index contributed by atoms with van der Waals surface area (Å²) in [4.78, 5) is 13.0. The zero-order valence-corrected chi connectivity index (χ0v) is 10.1.